The lowest BCUT2D eigenvalue weighted by molar-refractivity contribution is -0.119. The van der Waals surface area contributed by atoms with Gasteiger partial charge in [0.1, 0.15) is 12.3 Å². The molecule has 1 amide bonds. The molecule has 0 saturated heterocycles. The van der Waals surface area contributed by atoms with E-state index < -0.39 is 28.4 Å². The number of hydrogen-bond donors (Lipinski definition) is 1. The van der Waals surface area contributed by atoms with E-state index in [9.17, 15) is 18.0 Å². The Bertz CT molecular complexity index is 1140. The molecule has 0 aliphatic heterocycles. The third-order valence-electron chi connectivity index (χ3n) is 4.51. The normalized spacial score (nSPS) is 11.0. The molecule has 0 spiro atoms. The van der Waals surface area contributed by atoms with Gasteiger partial charge in [0.05, 0.1) is 36.1 Å². The Morgan fingerprint density at radius 3 is 2.29 bits per heavy atom. The summed E-state index contributed by atoms with van der Waals surface area (Å²) in [5.74, 6) is -0.511. The van der Waals surface area contributed by atoms with E-state index in [0.717, 1.165) is 9.87 Å². The van der Waals surface area contributed by atoms with Crippen LogP contribution in [0.1, 0.15) is 21.7 Å². The number of methoxy groups -OCH3 is 1. The molecular weight excluding hydrogens is 420 g/mol. The standard InChI is InChI=1S/C22H22N2O6S/c1-16-5-11-20(12-6-16)31(27,28)24(15-21(25)23-14-19-4-3-13-30-19)18-9-7-17(8-10-18)22(26)29-2/h3-13H,14-15H2,1-2H3,(H,23,25). The molecular formula is C22H22N2O6S. The van der Waals surface area contributed by atoms with Crippen molar-refractivity contribution in [1.29, 1.82) is 0 Å². The van der Waals surface area contributed by atoms with Gasteiger partial charge in [-0.2, -0.15) is 0 Å². The largest absolute Gasteiger partial charge is 0.467 e. The van der Waals surface area contributed by atoms with E-state index in [0.29, 0.717) is 5.76 Å². The fourth-order valence-electron chi connectivity index (χ4n) is 2.82. The van der Waals surface area contributed by atoms with E-state index in [1.54, 1.807) is 24.3 Å². The maximum absolute atomic E-state index is 13.3. The Morgan fingerprint density at radius 2 is 1.71 bits per heavy atom. The van der Waals surface area contributed by atoms with Crippen LogP contribution >= 0.6 is 0 Å². The maximum Gasteiger partial charge on any atom is 0.337 e. The molecule has 162 valence electrons. The van der Waals surface area contributed by atoms with E-state index in [2.05, 4.69) is 10.1 Å². The summed E-state index contributed by atoms with van der Waals surface area (Å²) in [6.45, 7) is 1.53. The Hall–Kier alpha value is -3.59. The van der Waals surface area contributed by atoms with E-state index in [4.69, 9.17) is 4.42 Å². The van der Waals surface area contributed by atoms with Crippen LogP contribution in [-0.4, -0.2) is 33.9 Å². The fraction of sp³-hybridized carbons (Fsp3) is 0.182. The molecule has 9 heteroatoms. The van der Waals surface area contributed by atoms with Gasteiger partial charge in [-0.05, 0) is 55.5 Å². The number of esters is 1. The molecule has 3 aromatic rings. The summed E-state index contributed by atoms with van der Waals surface area (Å²) in [7, 11) is -2.79. The first-order valence-electron chi connectivity index (χ1n) is 9.38. The molecule has 0 unspecified atom stereocenters. The number of aryl methyl sites for hydroxylation is 1. The number of benzene rings is 2. The predicted octanol–water partition coefficient (Wildman–Crippen LogP) is 2.89. The summed E-state index contributed by atoms with van der Waals surface area (Å²) >= 11 is 0. The number of ether oxygens (including phenoxy) is 1. The second kappa shape index (κ2) is 9.48. The van der Waals surface area contributed by atoms with Gasteiger partial charge >= 0.3 is 5.97 Å². The van der Waals surface area contributed by atoms with Crippen LogP contribution in [-0.2, 0) is 26.1 Å². The van der Waals surface area contributed by atoms with Crippen LogP contribution in [0.25, 0.3) is 0 Å². The molecule has 1 N–H and O–H groups in total. The molecule has 1 heterocycles. The Kier molecular flexibility index (Phi) is 6.76. The quantitative estimate of drug-likeness (QED) is 0.538. The topological polar surface area (TPSA) is 106 Å². The van der Waals surface area contributed by atoms with E-state index >= 15 is 0 Å². The fourth-order valence-corrected chi connectivity index (χ4v) is 4.24. The van der Waals surface area contributed by atoms with Crippen molar-refractivity contribution in [3.8, 4) is 0 Å². The zero-order valence-electron chi connectivity index (χ0n) is 17.1. The smallest absolute Gasteiger partial charge is 0.337 e. The molecule has 2 aromatic carbocycles. The zero-order chi connectivity index (χ0) is 22.4. The van der Waals surface area contributed by atoms with Crippen molar-refractivity contribution in [2.45, 2.75) is 18.4 Å². The van der Waals surface area contributed by atoms with Gasteiger partial charge in [-0.25, -0.2) is 13.2 Å². The summed E-state index contributed by atoms with van der Waals surface area (Å²) in [6.07, 6.45) is 1.48. The van der Waals surface area contributed by atoms with Crippen LogP contribution in [0.3, 0.4) is 0 Å². The number of sulfonamides is 1. The monoisotopic (exact) mass is 442 g/mol. The van der Waals surface area contributed by atoms with E-state index in [-0.39, 0.29) is 22.7 Å². The Morgan fingerprint density at radius 1 is 1.03 bits per heavy atom. The second-order valence-corrected chi connectivity index (χ2v) is 8.58. The lowest BCUT2D eigenvalue weighted by Gasteiger charge is -2.24. The minimum absolute atomic E-state index is 0.0500. The minimum Gasteiger partial charge on any atom is -0.467 e. The number of furan rings is 1. The molecule has 3 rings (SSSR count). The highest BCUT2D eigenvalue weighted by molar-refractivity contribution is 7.92. The zero-order valence-corrected chi connectivity index (χ0v) is 17.9. The van der Waals surface area contributed by atoms with Crippen molar-refractivity contribution in [1.82, 2.24) is 5.32 Å². The molecule has 0 fully saturated rings. The van der Waals surface area contributed by atoms with Crippen LogP contribution < -0.4 is 9.62 Å². The third-order valence-corrected chi connectivity index (χ3v) is 6.30. The summed E-state index contributed by atoms with van der Waals surface area (Å²) in [5.41, 5.74) is 1.41. The molecule has 8 nitrogen and oxygen atoms in total. The van der Waals surface area contributed by atoms with Gasteiger partial charge in [0.2, 0.25) is 5.91 Å². The first kappa shape index (κ1) is 22.1. The first-order valence-corrected chi connectivity index (χ1v) is 10.8. The number of anilines is 1. The number of carbonyl (C=O) groups excluding carboxylic acids is 2. The van der Waals surface area contributed by atoms with Crippen LogP contribution in [0.4, 0.5) is 5.69 Å². The van der Waals surface area contributed by atoms with Gasteiger partial charge in [0, 0.05) is 0 Å². The predicted molar refractivity (Wildman–Crippen MR) is 114 cm³/mol. The van der Waals surface area contributed by atoms with Crippen molar-refractivity contribution < 1.29 is 27.2 Å². The number of nitrogens with one attached hydrogen (secondary N) is 1. The number of rotatable bonds is 8. The molecule has 0 aliphatic rings. The number of nitrogens with zero attached hydrogens (tertiary/aromatic N) is 1. The van der Waals surface area contributed by atoms with Crippen LogP contribution in [0.5, 0.6) is 0 Å². The number of hydrogen-bond acceptors (Lipinski definition) is 6. The van der Waals surface area contributed by atoms with Gasteiger partial charge in [0.25, 0.3) is 10.0 Å². The Balaban J connectivity index is 1.90. The lowest BCUT2D eigenvalue weighted by atomic mass is 10.2. The average Bonchev–Trinajstić information content (AvgIpc) is 3.29. The molecule has 0 saturated carbocycles. The summed E-state index contributed by atoms with van der Waals surface area (Å²) in [6, 6.07) is 15.5. The van der Waals surface area contributed by atoms with Crippen molar-refractivity contribution in [2.75, 3.05) is 18.0 Å². The highest BCUT2D eigenvalue weighted by Crippen LogP contribution is 2.24. The van der Waals surface area contributed by atoms with Gasteiger partial charge in [-0.3, -0.25) is 9.10 Å². The SMILES string of the molecule is COC(=O)c1ccc(N(CC(=O)NCc2ccco2)S(=O)(=O)c2ccc(C)cc2)cc1. The van der Waals surface area contributed by atoms with Crippen molar-refractivity contribution >= 4 is 27.6 Å². The summed E-state index contributed by atoms with van der Waals surface area (Å²) in [5, 5.41) is 2.64. The van der Waals surface area contributed by atoms with Gasteiger partial charge in [0.15, 0.2) is 0 Å². The highest BCUT2D eigenvalue weighted by Gasteiger charge is 2.27. The summed E-state index contributed by atoms with van der Waals surface area (Å²) in [4.78, 5) is 24.3. The van der Waals surface area contributed by atoms with Gasteiger partial charge in [-0.1, -0.05) is 17.7 Å². The molecule has 0 bridgehead atoms. The minimum atomic E-state index is -4.04. The third kappa shape index (κ3) is 5.32. The number of carbonyl (C=O) groups is 2. The van der Waals surface area contributed by atoms with Gasteiger partial charge < -0.3 is 14.5 Å². The van der Waals surface area contributed by atoms with Crippen LogP contribution in [0, 0.1) is 6.92 Å². The molecule has 0 atom stereocenters. The average molecular weight is 442 g/mol. The van der Waals surface area contributed by atoms with Gasteiger partial charge in [-0.15, -0.1) is 0 Å². The number of amides is 1. The van der Waals surface area contributed by atoms with Crippen molar-refractivity contribution in [2.24, 2.45) is 0 Å². The van der Waals surface area contributed by atoms with E-state index in [1.807, 2.05) is 6.92 Å². The molecule has 0 aliphatic carbocycles. The first-order chi connectivity index (χ1) is 14.8. The summed E-state index contributed by atoms with van der Waals surface area (Å²) < 4.78 is 37.5. The van der Waals surface area contributed by atoms with Crippen LogP contribution in [0.2, 0.25) is 0 Å². The Labute approximate surface area is 180 Å². The van der Waals surface area contributed by atoms with Crippen molar-refractivity contribution in [3.05, 3.63) is 83.8 Å². The van der Waals surface area contributed by atoms with Crippen LogP contribution in [0.15, 0.2) is 76.2 Å². The maximum atomic E-state index is 13.3. The molecule has 1 aromatic heterocycles. The molecule has 0 radical (unpaired) electrons. The van der Waals surface area contributed by atoms with Crippen molar-refractivity contribution in [3.63, 3.8) is 0 Å². The van der Waals surface area contributed by atoms with E-state index in [1.165, 1.54) is 49.8 Å². The second-order valence-electron chi connectivity index (χ2n) is 6.72. The molecule has 31 heavy (non-hydrogen) atoms. The highest BCUT2D eigenvalue weighted by atomic mass is 32.2. The lowest BCUT2D eigenvalue weighted by Crippen LogP contribution is -2.40.